The van der Waals surface area contributed by atoms with Crippen molar-refractivity contribution in [1.82, 2.24) is 15.1 Å². The van der Waals surface area contributed by atoms with Gasteiger partial charge in [-0.25, -0.2) is 0 Å². The monoisotopic (exact) mass is 456 g/mol. The van der Waals surface area contributed by atoms with Crippen LogP contribution < -0.4 is 14.8 Å². The summed E-state index contributed by atoms with van der Waals surface area (Å²) in [6, 6.07) is 14.1. The summed E-state index contributed by atoms with van der Waals surface area (Å²) in [6.45, 7) is 1.97. The summed E-state index contributed by atoms with van der Waals surface area (Å²) >= 11 is 2.90. The topological polar surface area (TPSA) is 76.6 Å². The van der Waals surface area contributed by atoms with Crippen LogP contribution in [0.4, 0.5) is 5.13 Å². The van der Waals surface area contributed by atoms with E-state index in [-0.39, 0.29) is 5.91 Å². The summed E-state index contributed by atoms with van der Waals surface area (Å²) in [5.74, 6) is 1.86. The Balaban J connectivity index is 1.30. The largest absolute Gasteiger partial charge is 0.493 e. The highest BCUT2D eigenvalue weighted by Crippen LogP contribution is 2.33. The number of hydrogen-bond donors (Lipinski definition) is 1. The maximum atomic E-state index is 12.8. The van der Waals surface area contributed by atoms with Crippen molar-refractivity contribution in [3.8, 4) is 11.5 Å². The molecule has 1 aromatic heterocycles. The summed E-state index contributed by atoms with van der Waals surface area (Å²) in [5.41, 5.74) is 3.49. The number of ether oxygens (including phenoxy) is 2. The lowest BCUT2D eigenvalue weighted by Crippen LogP contribution is -2.37. The Kier molecular flexibility index (Phi) is 6.93. The highest BCUT2D eigenvalue weighted by Gasteiger charge is 2.23. The molecule has 0 unspecified atom stereocenters. The summed E-state index contributed by atoms with van der Waals surface area (Å²) in [7, 11) is 3.26. The fraction of sp³-hybridized carbons (Fsp3) is 0.318. The molecule has 2 aromatic carbocycles. The van der Waals surface area contributed by atoms with E-state index in [9.17, 15) is 4.79 Å². The Labute approximate surface area is 189 Å². The second-order valence-corrected chi connectivity index (χ2v) is 9.24. The smallest absolute Gasteiger partial charge is 0.233 e. The van der Waals surface area contributed by atoms with E-state index < -0.39 is 0 Å². The molecule has 0 fully saturated rings. The molecule has 1 N–H and O–H groups in total. The van der Waals surface area contributed by atoms with E-state index in [0.717, 1.165) is 27.2 Å². The third-order valence-corrected chi connectivity index (χ3v) is 7.08. The first-order valence-corrected chi connectivity index (χ1v) is 11.7. The Bertz CT molecular complexity index is 1040. The normalized spacial score (nSPS) is 12.9. The zero-order valence-electron chi connectivity index (χ0n) is 17.5. The summed E-state index contributed by atoms with van der Waals surface area (Å²) in [4.78, 5) is 14.7. The molecule has 1 amide bonds. The molecule has 0 bridgehead atoms. The predicted octanol–water partition coefficient (Wildman–Crippen LogP) is 3.84. The quantitative estimate of drug-likeness (QED) is 0.516. The highest BCUT2D eigenvalue weighted by atomic mass is 32.2. The van der Waals surface area contributed by atoms with Crippen molar-refractivity contribution in [3.63, 3.8) is 0 Å². The van der Waals surface area contributed by atoms with E-state index in [0.29, 0.717) is 31.1 Å². The second-order valence-electron chi connectivity index (χ2n) is 7.04. The van der Waals surface area contributed by atoms with E-state index in [1.165, 1.54) is 34.2 Å². The zero-order valence-corrected chi connectivity index (χ0v) is 19.1. The lowest BCUT2D eigenvalue weighted by Gasteiger charge is -2.29. The number of nitrogens with zero attached hydrogens (tertiary/aromatic N) is 3. The molecular formula is C22H24N4O3S2. The number of rotatable bonds is 8. The van der Waals surface area contributed by atoms with Crippen molar-refractivity contribution >= 4 is 34.1 Å². The van der Waals surface area contributed by atoms with Crippen LogP contribution >= 0.6 is 23.1 Å². The number of carbonyl (C=O) groups excluding carboxylic acids is 1. The van der Waals surface area contributed by atoms with Crippen LogP contribution in [0.3, 0.4) is 0 Å². The second kappa shape index (κ2) is 10.0. The number of benzene rings is 2. The third kappa shape index (κ3) is 5.29. The minimum atomic E-state index is 0.0967. The molecule has 162 valence electrons. The summed E-state index contributed by atoms with van der Waals surface area (Å²) in [5, 5.41) is 12.4. The Hall–Kier alpha value is -2.78. The molecular weight excluding hydrogens is 432 g/mol. The molecule has 9 heteroatoms. The van der Waals surface area contributed by atoms with Crippen LogP contribution in [-0.2, 0) is 24.3 Å². The summed E-state index contributed by atoms with van der Waals surface area (Å²) < 4.78 is 11.6. The van der Waals surface area contributed by atoms with Crippen LogP contribution in [0.15, 0.2) is 46.8 Å². The molecule has 1 aliphatic rings. The van der Waals surface area contributed by atoms with Crippen LogP contribution in [0.5, 0.6) is 11.5 Å². The fourth-order valence-electron chi connectivity index (χ4n) is 3.42. The SMILES string of the molecule is COc1cc2c(cc1OC)CN(C(=O)CSc1nnc(NCc3ccccc3)s1)CC2. The van der Waals surface area contributed by atoms with Crippen molar-refractivity contribution in [2.45, 2.75) is 23.8 Å². The first kappa shape index (κ1) is 21.5. The van der Waals surface area contributed by atoms with Crippen molar-refractivity contribution in [3.05, 3.63) is 59.2 Å². The number of aromatic nitrogens is 2. The van der Waals surface area contributed by atoms with E-state index in [1.54, 1.807) is 14.2 Å². The third-order valence-electron chi connectivity index (χ3n) is 5.08. The molecule has 1 aliphatic heterocycles. The number of methoxy groups -OCH3 is 2. The number of amides is 1. The molecule has 0 aliphatic carbocycles. The van der Waals surface area contributed by atoms with Gasteiger partial charge in [0.2, 0.25) is 11.0 Å². The summed E-state index contributed by atoms with van der Waals surface area (Å²) in [6.07, 6.45) is 0.804. The van der Waals surface area contributed by atoms with Gasteiger partial charge in [-0.05, 0) is 35.2 Å². The minimum Gasteiger partial charge on any atom is -0.493 e. The lowest BCUT2D eigenvalue weighted by molar-refractivity contribution is -0.129. The molecule has 3 aromatic rings. The average molecular weight is 457 g/mol. The maximum absolute atomic E-state index is 12.8. The van der Waals surface area contributed by atoms with Gasteiger partial charge in [0, 0.05) is 19.6 Å². The Morgan fingerprint density at radius 1 is 1.13 bits per heavy atom. The lowest BCUT2D eigenvalue weighted by atomic mass is 9.99. The van der Waals surface area contributed by atoms with Gasteiger partial charge in [-0.15, -0.1) is 10.2 Å². The molecule has 0 radical (unpaired) electrons. The number of hydrogen-bond acceptors (Lipinski definition) is 8. The van der Waals surface area contributed by atoms with Crippen LogP contribution in [-0.4, -0.2) is 47.5 Å². The highest BCUT2D eigenvalue weighted by molar-refractivity contribution is 8.01. The molecule has 0 spiro atoms. The van der Waals surface area contributed by atoms with E-state index >= 15 is 0 Å². The standard InChI is InChI=1S/C22H24N4O3S2/c1-28-18-10-16-8-9-26(13-17(16)11-19(18)29-2)20(27)14-30-22-25-24-21(31-22)23-12-15-6-4-3-5-7-15/h3-7,10-11H,8-9,12-14H2,1-2H3,(H,23,24). The van der Waals surface area contributed by atoms with Crippen LogP contribution in [0.1, 0.15) is 16.7 Å². The first-order valence-electron chi connectivity index (χ1n) is 9.92. The minimum absolute atomic E-state index is 0.0967. The van der Waals surface area contributed by atoms with Crippen molar-refractivity contribution < 1.29 is 14.3 Å². The van der Waals surface area contributed by atoms with E-state index in [1.807, 2.05) is 35.2 Å². The molecule has 2 heterocycles. The Morgan fingerprint density at radius 3 is 2.61 bits per heavy atom. The zero-order chi connectivity index (χ0) is 21.6. The molecule has 0 saturated heterocycles. The van der Waals surface area contributed by atoms with Gasteiger partial charge in [0.15, 0.2) is 15.8 Å². The van der Waals surface area contributed by atoms with Gasteiger partial charge in [-0.1, -0.05) is 53.4 Å². The predicted molar refractivity (Wildman–Crippen MR) is 123 cm³/mol. The van der Waals surface area contributed by atoms with Gasteiger partial charge in [0.25, 0.3) is 0 Å². The number of nitrogens with one attached hydrogen (secondary N) is 1. The number of fused-ring (bicyclic) bond motifs is 1. The molecule has 0 saturated carbocycles. The number of carbonyl (C=O) groups is 1. The number of anilines is 1. The van der Waals surface area contributed by atoms with E-state index in [4.69, 9.17) is 9.47 Å². The van der Waals surface area contributed by atoms with Gasteiger partial charge < -0.3 is 19.7 Å². The molecule has 31 heavy (non-hydrogen) atoms. The van der Waals surface area contributed by atoms with Crippen molar-refractivity contribution in [2.75, 3.05) is 31.8 Å². The molecule has 4 rings (SSSR count). The molecule has 7 nitrogen and oxygen atoms in total. The van der Waals surface area contributed by atoms with Crippen LogP contribution in [0.2, 0.25) is 0 Å². The van der Waals surface area contributed by atoms with Gasteiger partial charge in [-0.2, -0.15) is 0 Å². The fourth-order valence-corrected chi connectivity index (χ4v) is 5.07. The Morgan fingerprint density at radius 2 is 1.87 bits per heavy atom. The van der Waals surface area contributed by atoms with Crippen LogP contribution in [0.25, 0.3) is 0 Å². The maximum Gasteiger partial charge on any atom is 0.233 e. The van der Waals surface area contributed by atoms with Crippen molar-refractivity contribution in [2.24, 2.45) is 0 Å². The van der Waals surface area contributed by atoms with Crippen LogP contribution in [0, 0.1) is 0 Å². The first-order chi connectivity index (χ1) is 15.2. The van der Waals surface area contributed by atoms with E-state index in [2.05, 4.69) is 27.6 Å². The van der Waals surface area contributed by atoms with Gasteiger partial charge in [0.05, 0.1) is 20.0 Å². The molecule has 0 atom stereocenters. The van der Waals surface area contributed by atoms with Crippen molar-refractivity contribution in [1.29, 1.82) is 0 Å². The van der Waals surface area contributed by atoms with Gasteiger partial charge >= 0.3 is 0 Å². The van der Waals surface area contributed by atoms with Gasteiger partial charge in [0.1, 0.15) is 0 Å². The van der Waals surface area contributed by atoms with Gasteiger partial charge in [-0.3, -0.25) is 4.79 Å². The number of thioether (sulfide) groups is 1. The average Bonchev–Trinajstić information content (AvgIpc) is 3.28.